The molecule has 1 aliphatic carbocycles. The molecule has 2 aliphatic rings. The van der Waals surface area contributed by atoms with E-state index >= 15 is 0 Å². The molecular formula is C14H25ClO. The van der Waals surface area contributed by atoms with Crippen LogP contribution >= 0.6 is 11.6 Å². The minimum Gasteiger partial charge on any atom is -0.369 e. The predicted octanol–water partition coefficient (Wildman–Crippen LogP) is 4.38. The fourth-order valence-corrected chi connectivity index (χ4v) is 3.56. The largest absolute Gasteiger partial charge is 0.369 e. The summed E-state index contributed by atoms with van der Waals surface area (Å²) in [5, 5.41) is 0.416. The topological polar surface area (TPSA) is 9.23 Å². The van der Waals surface area contributed by atoms with E-state index in [0.717, 1.165) is 5.92 Å². The molecule has 0 amide bonds. The van der Waals surface area contributed by atoms with E-state index in [2.05, 4.69) is 27.7 Å². The van der Waals surface area contributed by atoms with E-state index in [9.17, 15) is 0 Å². The second-order valence-electron chi connectivity index (χ2n) is 6.80. The summed E-state index contributed by atoms with van der Waals surface area (Å²) < 4.78 is 6.11. The van der Waals surface area contributed by atoms with Gasteiger partial charge in [-0.05, 0) is 71.6 Å². The van der Waals surface area contributed by atoms with Gasteiger partial charge in [0.1, 0.15) is 0 Å². The molecule has 94 valence electrons. The van der Waals surface area contributed by atoms with E-state index in [1.165, 1.54) is 32.1 Å². The van der Waals surface area contributed by atoms with Gasteiger partial charge in [0.2, 0.25) is 0 Å². The Bertz CT molecular complexity index is 255. The van der Waals surface area contributed by atoms with Crippen LogP contribution in [-0.2, 0) is 4.74 Å². The van der Waals surface area contributed by atoms with Gasteiger partial charge < -0.3 is 4.74 Å². The maximum Gasteiger partial charge on any atom is 0.0662 e. The number of hydrogen-bond donors (Lipinski definition) is 0. The first-order valence-corrected chi connectivity index (χ1v) is 7.08. The van der Waals surface area contributed by atoms with Crippen molar-refractivity contribution in [2.24, 2.45) is 11.8 Å². The van der Waals surface area contributed by atoms with Gasteiger partial charge in [-0.25, -0.2) is 0 Å². The Morgan fingerprint density at radius 3 is 2.31 bits per heavy atom. The standard InChI is InChI=1S/C14H25ClO/c1-13(2)9-11(14(3,4)16-13)7-8-12(15)10-5-6-10/h10-12H,5-9H2,1-4H3. The highest BCUT2D eigenvalue weighted by molar-refractivity contribution is 6.20. The number of ether oxygens (including phenoxy) is 1. The van der Waals surface area contributed by atoms with Gasteiger partial charge in [-0.1, -0.05) is 0 Å². The van der Waals surface area contributed by atoms with Crippen LogP contribution in [0.4, 0.5) is 0 Å². The van der Waals surface area contributed by atoms with Crippen LogP contribution in [0.2, 0.25) is 0 Å². The minimum absolute atomic E-state index is 0.0314. The van der Waals surface area contributed by atoms with E-state index in [1.54, 1.807) is 0 Å². The molecule has 2 rings (SSSR count). The smallest absolute Gasteiger partial charge is 0.0662 e. The van der Waals surface area contributed by atoms with Gasteiger partial charge in [-0.2, -0.15) is 0 Å². The third-order valence-corrected chi connectivity index (χ3v) is 4.76. The quantitative estimate of drug-likeness (QED) is 0.667. The van der Waals surface area contributed by atoms with Crippen LogP contribution in [0.25, 0.3) is 0 Å². The van der Waals surface area contributed by atoms with Crippen molar-refractivity contribution < 1.29 is 4.74 Å². The normalized spacial score (nSPS) is 33.9. The average molecular weight is 245 g/mol. The lowest BCUT2D eigenvalue weighted by molar-refractivity contribution is -0.0753. The van der Waals surface area contributed by atoms with Crippen molar-refractivity contribution in [3.05, 3.63) is 0 Å². The van der Waals surface area contributed by atoms with Crippen molar-refractivity contribution in [1.29, 1.82) is 0 Å². The second-order valence-corrected chi connectivity index (χ2v) is 7.36. The number of hydrogen-bond acceptors (Lipinski definition) is 1. The highest BCUT2D eigenvalue weighted by Crippen LogP contribution is 2.46. The molecule has 2 atom stereocenters. The molecule has 1 aliphatic heterocycles. The molecule has 2 heteroatoms. The summed E-state index contributed by atoms with van der Waals surface area (Å²) in [6.45, 7) is 8.86. The average Bonchev–Trinajstić information content (AvgIpc) is 2.89. The summed E-state index contributed by atoms with van der Waals surface area (Å²) in [6, 6.07) is 0. The second kappa shape index (κ2) is 4.17. The Hall–Kier alpha value is 0.250. The lowest BCUT2D eigenvalue weighted by Crippen LogP contribution is -2.29. The van der Waals surface area contributed by atoms with Crippen LogP contribution in [-0.4, -0.2) is 16.6 Å². The van der Waals surface area contributed by atoms with Gasteiger partial charge in [-0.15, -0.1) is 11.6 Å². The molecule has 2 unspecified atom stereocenters. The van der Waals surface area contributed by atoms with Crippen LogP contribution in [0.1, 0.15) is 59.8 Å². The van der Waals surface area contributed by atoms with Crippen LogP contribution in [0.5, 0.6) is 0 Å². The number of rotatable bonds is 4. The van der Waals surface area contributed by atoms with Crippen LogP contribution < -0.4 is 0 Å². The zero-order chi connectivity index (χ0) is 12.0. The monoisotopic (exact) mass is 244 g/mol. The fourth-order valence-electron chi connectivity index (χ4n) is 3.18. The Morgan fingerprint density at radius 1 is 1.25 bits per heavy atom. The van der Waals surface area contributed by atoms with E-state index < -0.39 is 0 Å². The van der Waals surface area contributed by atoms with Crippen molar-refractivity contribution in [2.45, 2.75) is 76.4 Å². The van der Waals surface area contributed by atoms with Crippen LogP contribution in [0, 0.1) is 11.8 Å². The van der Waals surface area contributed by atoms with Crippen molar-refractivity contribution in [3.63, 3.8) is 0 Å². The van der Waals surface area contributed by atoms with Crippen molar-refractivity contribution in [3.8, 4) is 0 Å². The van der Waals surface area contributed by atoms with Gasteiger partial charge in [0.15, 0.2) is 0 Å². The summed E-state index contributed by atoms with van der Waals surface area (Å²) in [5.74, 6) is 1.49. The molecule has 1 nitrogen and oxygen atoms in total. The van der Waals surface area contributed by atoms with E-state index in [0.29, 0.717) is 11.3 Å². The van der Waals surface area contributed by atoms with Gasteiger partial charge in [0.05, 0.1) is 11.2 Å². The minimum atomic E-state index is 0.0314. The van der Waals surface area contributed by atoms with E-state index in [1.807, 2.05) is 0 Å². The van der Waals surface area contributed by atoms with Crippen molar-refractivity contribution >= 4 is 11.6 Å². The first-order valence-electron chi connectivity index (χ1n) is 6.64. The molecule has 0 aromatic carbocycles. The molecule has 16 heavy (non-hydrogen) atoms. The summed E-state index contributed by atoms with van der Waals surface area (Å²) in [7, 11) is 0. The Kier molecular flexibility index (Phi) is 3.31. The third-order valence-electron chi connectivity index (χ3n) is 4.18. The maximum absolute atomic E-state index is 6.38. The zero-order valence-corrected chi connectivity index (χ0v) is 11.8. The Balaban J connectivity index is 1.84. The summed E-state index contributed by atoms with van der Waals surface area (Å²) in [5.41, 5.74) is 0.0826. The molecule has 0 N–H and O–H groups in total. The summed E-state index contributed by atoms with van der Waals surface area (Å²) in [6.07, 6.45) is 6.27. The highest BCUT2D eigenvalue weighted by atomic mass is 35.5. The molecule has 0 aromatic heterocycles. The molecule has 0 spiro atoms. The molecular weight excluding hydrogens is 220 g/mol. The van der Waals surface area contributed by atoms with Crippen molar-refractivity contribution in [2.75, 3.05) is 0 Å². The Morgan fingerprint density at radius 2 is 1.88 bits per heavy atom. The van der Waals surface area contributed by atoms with Gasteiger partial charge >= 0.3 is 0 Å². The van der Waals surface area contributed by atoms with Gasteiger partial charge in [-0.3, -0.25) is 0 Å². The maximum atomic E-state index is 6.38. The van der Waals surface area contributed by atoms with Crippen LogP contribution in [0.3, 0.4) is 0 Å². The Labute approximate surface area is 105 Å². The van der Waals surface area contributed by atoms with Crippen LogP contribution in [0.15, 0.2) is 0 Å². The van der Waals surface area contributed by atoms with Crippen molar-refractivity contribution in [1.82, 2.24) is 0 Å². The molecule has 0 bridgehead atoms. The first kappa shape index (κ1) is 12.7. The van der Waals surface area contributed by atoms with E-state index in [-0.39, 0.29) is 11.2 Å². The lowest BCUT2D eigenvalue weighted by Gasteiger charge is -2.27. The molecule has 1 saturated carbocycles. The number of halogens is 1. The molecule has 0 aromatic rings. The van der Waals surface area contributed by atoms with Gasteiger partial charge in [0.25, 0.3) is 0 Å². The summed E-state index contributed by atoms with van der Waals surface area (Å²) >= 11 is 6.38. The fraction of sp³-hybridized carbons (Fsp3) is 1.00. The lowest BCUT2D eigenvalue weighted by atomic mass is 9.83. The molecule has 1 heterocycles. The molecule has 0 radical (unpaired) electrons. The SMILES string of the molecule is CC1(C)CC(CCC(Cl)C2CC2)C(C)(C)O1. The van der Waals surface area contributed by atoms with Gasteiger partial charge in [0, 0.05) is 5.38 Å². The summed E-state index contributed by atoms with van der Waals surface area (Å²) in [4.78, 5) is 0. The molecule has 1 saturated heterocycles. The zero-order valence-electron chi connectivity index (χ0n) is 11.1. The van der Waals surface area contributed by atoms with E-state index in [4.69, 9.17) is 16.3 Å². The number of alkyl halides is 1. The first-order chi connectivity index (χ1) is 7.30. The predicted molar refractivity (Wildman–Crippen MR) is 68.9 cm³/mol. The highest BCUT2D eigenvalue weighted by Gasteiger charge is 2.45. The molecule has 2 fully saturated rings. The third kappa shape index (κ3) is 2.92.